The van der Waals surface area contributed by atoms with Crippen molar-refractivity contribution in [1.29, 1.82) is 0 Å². The predicted octanol–water partition coefficient (Wildman–Crippen LogP) is 2.22. The number of fused-ring (bicyclic) bond motifs is 4. The van der Waals surface area contributed by atoms with Crippen molar-refractivity contribution in [3.8, 4) is 74.4 Å². The summed E-state index contributed by atoms with van der Waals surface area (Å²) in [6.45, 7) is 2.67. The molecule has 1 saturated heterocycles. The first-order chi connectivity index (χ1) is 26.0. The van der Waals surface area contributed by atoms with Gasteiger partial charge in [0, 0.05) is 11.1 Å². The van der Waals surface area contributed by atoms with Crippen molar-refractivity contribution in [2.24, 2.45) is 0 Å². The number of aliphatic hydroxyl groups excluding tert-OH is 1. The van der Waals surface area contributed by atoms with E-state index in [1.807, 2.05) is 0 Å². The number of rotatable bonds is 7. The largest absolute Gasteiger partial charge is 0.504 e. The van der Waals surface area contributed by atoms with Gasteiger partial charge in [-0.25, -0.2) is 14.4 Å². The van der Waals surface area contributed by atoms with Gasteiger partial charge in [0.25, 0.3) is 0 Å². The number of hydrogen-bond donors (Lipinski definition) is 11. The summed E-state index contributed by atoms with van der Waals surface area (Å²) < 4.78 is 28.0. The molecule has 0 spiro atoms. The van der Waals surface area contributed by atoms with Gasteiger partial charge in [0.05, 0.1) is 16.7 Å². The van der Waals surface area contributed by atoms with Crippen LogP contribution < -0.4 is 4.74 Å². The number of phenols is 10. The van der Waals surface area contributed by atoms with E-state index >= 15 is 0 Å². The average Bonchev–Trinajstić information content (AvgIpc) is 3.14. The van der Waals surface area contributed by atoms with Crippen molar-refractivity contribution in [3.05, 3.63) is 77.4 Å². The minimum atomic E-state index is -2.14. The first kappa shape index (κ1) is 37.5. The molecule has 4 aromatic rings. The number of allylic oxidation sites excluding steroid dienone is 1. The molecule has 19 heteroatoms. The van der Waals surface area contributed by atoms with Gasteiger partial charge >= 0.3 is 17.9 Å². The molecule has 2 aliphatic heterocycles. The van der Waals surface area contributed by atoms with Crippen LogP contribution in [0.1, 0.15) is 36.6 Å². The van der Waals surface area contributed by atoms with E-state index in [0.717, 1.165) is 12.1 Å². The van der Waals surface area contributed by atoms with Crippen LogP contribution in [-0.2, 0) is 25.4 Å². The zero-order valence-electron chi connectivity index (χ0n) is 27.8. The minimum absolute atomic E-state index is 0.278. The Morgan fingerprint density at radius 1 is 0.691 bits per heavy atom. The van der Waals surface area contributed by atoms with Crippen LogP contribution in [0.2, 0.25) is 0 Å². The fourth-order valence-corrected chi connectivity index (χ4v) is 5.94. The standard InChI is InChI=1S/C36H30O19/c1-2-3-12-4-5-21(16(37)6-12)52-36-30(47)32-31(22(53-36)11-51-33(48)13-7-17(38)25(42)18(39)8-13)54-34(49)14-9-19(40)26(43)28(45)23(14)24-15(35(50)55-32)10-20(41)27(44)29(24)46/h2,4-10,22,30-32,36-47H,1,3,11H2/t22-,30-,31-,32-,36-/m1/s1. The highest BCUT2D eigenvalue weighted by Gasteiger charge is 2.53. The van der Waals surface area contributed by atoms with Crippen molar-refractivity contribution in [2.45, 2.75) is 37.1 Å². The maximum Gasteiger partial charge on any atom is 0.339 e. The van der Waals surface area contributed by atoms with E-state index in [2.05, 4.69) is 6.58 Å². The van der Waals surface area contributed by atoms with Crippen molar-refractivity contribution < 1.29 is 94.2 Å². The Morgan fingerprint density at radius 2 is 1.22 bits per heavy atom. The van der Waals surface area contributed by atoms with Gasteiger partial charge in [0.2, 0.25) is 17.8 Å². The lowest BCUT2D eigenvalue weighted by molar-refractivity contribution is -0.276. The summed E-state index contributed by atoms with van der Waals surface area (Å²) in [6, 6.07) is 6.76. The molecule has 2 aliphatic rings. The molecule has 19 nitrogen and oxygen atoms in total. The van der Waals surface area contributed by atoms with E-state index in [1.165, 1.54) is 18.2 Å². The Balaban J connectivity index is 1.46. The molecule has 0 bridgehead atoms. The van der Waals surface area contributed by atoms with E-state index in [1.54, 1.807) is 6.08 Å². The quantitative estimate of drug-likeness (QED) is 0.0556. The highest BCUT2D eigenvalue weighted by Crippen LogP contribution is 2.53. The number of aliphatic hydroxyl groups is 1. The molecule has 4 aromatic carbocycles. The van der Waals surface area contributed by atoms with E-state index in [-0.39, 0.29) is 5.75 Å². The number of aromatic hydroxyl groups is 10. The molecular formula is C36H30O19. The fraction of sp³-hybridized carbons (Fsp3) is 0.194. The molecule has 2 heterocycles. The third-order valence-electron chi connectivity index (χ3n) is 8.63. The third kappa shape index (κ3) is 6.75. The summed E-state index contributed by atoms with van der Waals surface area (Å²) in [4.78, 5) is 40.8. The number of benzene rings is 4. The van der Waals surface area contributed by atoms with E-state index in [4.69, 9.17) is 23.7 Å². The molecule has 288 valence electrons. The number of esters is 3. The van der Waals surface area contributed by atoms with Gasteiger partial charge < -0.3 is 79.9 Å². The van der Waals surface area contributed by atoms with Crippen molar-refractivity contribution in [2.75, 3.05) is 6.61 Å². The molecule has 11 N–H and O–H groups in total. The Kier molecular flexibility index (Phi) is 9.74. The van der Waals surface area contributed by atoms with E-state index in [9.17, 15) is 70.6 Å². The van der Waals surface area contributed by atoms with Crippen molar-refractivity contribution in [3.63, 3.8) is 0 Å². The zero-order valence-corrected chi connectivity index (χ0v) is 27.8. The van der Waals surface area contributed by atoms with Crippen LogP contribution in [-0.4, -0.2) is 111 Å². The smallest absolute Gasteiger partial charge is 0.339 e. The molecule has 0 radical (unpaired) electrons. The molecule has 0 aromatic heterocycles. The van der Waals surface area contributed by atoms with E-state index in [0.29, 0.717) is 24.1 Å². The molecule has 0 amide bonds. The van der Waals surface area contributed by atoms with Crippen LogP contribution in [0.15, 0.2) is 55.1 Å². The Morgan fingerprint density at radius 3 is 1.75 bits per heavy atom. The minimum Gasteiger partial charge on any atom is -0.504 e. The molecule has 5 atom stereocenters. The second-order valence-corrected chi connectivity index (χ2v) is 12.2. The molecule has 0 aliphatic carbocycles. The highest BCUT2D eigenvalue weighted by atomic mass is 16.7. The van der Waals surface area contributed by atoms with Crippen LogP contribution in [0.4, 0.5) is 0 Å². The number of carbonyl (C=O) groups excluding carboxylic acids is 3. The van der Waals surface area contributed by atoms with Crippen LogP contribution >= 0.6 is 0 Å². The van der Waals surface area contributed by atoms with Crippen molar-refractivity contribution >= 4 is 17.9 Å². The lowest BCUT2D eigenvalue weighted by Crippen LogP contribution is -2.62. The molecule has 0 unspecified atom stereocenters. The first-order valence-corrected chi connectivity index (χ1v) is 15.8. The van der Waals surface area contributed by atoms with Gasteiger partial charge in [-0.05, 0) is 48.4 Å². The van der Waals surface area contributed by atoms with Crippen molar-refractivity contribution in [1.82, 2.24) is 0 Å². The van der Waals surface area contributed by atoms with Gasteiger partial charge in [0.15, 0.2) is 70.1 Å². The molecular weight excluding hydrogens is 736 g/mol. The van der Waals surface area contributed by atoms with Gasteiger partial charge in [-0.2, -0.15) is 0 Å². The van der Waals surface area contributed by atoms with Gasteiger partial charge in [-0.15, -0.1) is 6.58 Å². The zero-order chi connectivity index (χ0) is 40.0. The monoisotopic (exact) mass is 766 g/mol. The summed E-state index contributed by atoms with van der Waals surface area (Å²) in [5.74, 6) is -15.1. The normalized spacial score (nSPS) is 20.5. The molecule has 55 heavy (non-hydrogen) atoms. The maximum atomic E-state index is 13.9. The van der Waals surface area contributed by atoms with Gasteiger partial charge in [0.1, 0.15) is 12.7 Å². The van der Waals surface area contributed by atoms with Crippen LogP contribution in [0.3, 0.4) is 0 Å². The van der Waals surface area contributed by atoms with Crippen LogP contribution in [0.5, 0.6) is 63.2 Å². The average molecular weight is 767 g/mol. The number of carbonyl (C=O) groups is 3. The maximum absolute atomic E-state index is 13.9. The first-order valence-electron chi connectivity index (χ1n) is 15.8. The Bertz CT molecular complexity index is 2220. The van der Waals surface area contributed by atoms with Gasteiger partial charge in [-0.1, -0.05) is 12.1 Å². The fourth-order valence-electron chi connectivity index (χ4n) is 5.94. The SMILES string of the molecule is C=CCc1ccc(O[C@@H]2O[C@H](COC(=O)c3cc(O)c(O)c(O)c3)[C@H]3OC(=O)c4cc(O)c(O)c(O)c4-c4c(cc(O)c(O)c4O)C(=O)O[C@@H]3[C@H]2O)c(O)c1. The Hall–Kier alpha value is -7.25. The van der Waals surface area contributed by atoms with Gasteiger partial charge in [-0.3, -0.25) is 0 Å². The second kappa shape index (κ2) is 14.3. The third-order valence-corrected chi connectivity index (χ3v) is 8.63. The lowest BCUT2D eigenvalue weighted by Gasteiger charge is -2.43. The number of phenolic OH excluding ortho intramolecular Hbond substituents is 10. The topological polar surface area (TPSA) is 320 Å². The lowest BCUT2D eigenvalue weighted by atomic mass is 9.91. The number of hydrogen-bond acceptors (Lipinski definition) is 19. The molecule has 1 fully saturated rings. The summed E-state index contributed by atoms with van der Waals surface area (Å²) in [5.41, 5.74) is -3.43. The summed E-state index contributed by atoms with van der Waals surface area (Å²) >= 11 is 0. The van der Waals surface area contributed by atoms with Crippen LogP contribution in [0, 0.1) is 0 Å². The summed E-state index contributed by atoms with van der Waals surface area (Å²) in [7, 11) is 0. The second-order valence-electron chi connectivity index (χ2n) is 12.2. The highest BCUT2D eigenvalue weighted by molar-refractivity contribution is 6.08. The predicted molar refractivity (Wildman–Crippen MR) is 179 cm³/mol. The number of ether oxygens (including phenoxy) is 5. The summed E-state index contributed by atoms with van der Waals surface area (Å²) in [5, 5.41) is 115. The Labute approximate surface area is 307 Å². The molecule has 6 rings (SSSR count). The van der Waals surface area contributed by atoms with Crippen LogP contribution in [0.25, 0.3) is 11.1 Å². The molecule has 0 saturated carbocycles. The van der Waals surface area contributed by atoms with E-state index < -0.39 is 141 Å². The summed E-state index contributed by atoms with van der Waals surface area (Å²) in [6.07, 6.45) is -8.03.